The Balaban J connectivity index is 1.86. The van der Waals surface area contributed by atoms with E-state index in [1.807, 2.05) is 42.2 Å². The van der Waals surface area contributed by atoms with Crippen LogP contribution in [0.1, 0.15) is 44.5 Å². The highest BCUT2D eigenvalue weighted by atomic mass is 16.2. The fourth-order valence-electron chi connectivity index (χ4n) is 2.86. The Morgan fingerprint density at radius 2 is 2.14 bits per heavy atom. The summed E-state index contributed by atoms with van der Waals surface area (Å²) in [5, 5.41) is 7.34. The first-order valence-electron chi connectivity index (χ1n) is 7.56. The molecular formula is C16H20N4O. The lowest BCUT2D eigenvalue weighted by molar-refractivity contribution is -0.134. The Hall–Kier alpha value is -2.17. The van der Waals surface area contributed by atoms with E-state index in [1.165, 1.54) is 0 Å². The molecule has 21 heavy (non-hydrogen) atoms. The highest BCUT2D eigenvalue weighted by Crippen LogP contribution is 2.30. The van der Waals surface area contributed by atoms with Crippen molar-refractivity contribution in [1.29, 1.82) is 0 Å². The van der Waals surface area contributed by atoms with Gasteiger partial charge in [-0.2, -0.15) is 5.10 Å². The molecular weight excluding hydrogens is 264 g/mol. The van der Waals surface area contributed by atoms with E-state index in [1.54, 1.807) is 0 Å². The van der Waals surface area contributed by atoms with Crippen molar-refractivity contribution in [2.24, 2.45) is 0 Å². The van der Waals surface area contributed by atoms with Crippen LogP contribution in [0.4, 0.5) is 0 Å². The molecule has 1 saturated heterocycles. The highest BCUT2D eigenvalue weighted by molar-refractivity contribution is 5.76. The fourth-order valence-corrected chi connectivity index (χ4v) is 2.86. The van der Waals surface area contributed by atoms with Gasteiger partial charge in [-0.3, -0.25) is 9.89 Å². The first kappa shape index (κ1) is 13.8. The Labute approximate surface area is 124 Å². The van der Waals surface area contributed by atoms with Crippen molar-refractivity contribution >= 4 is 5.91 Å². The third-order valence-electron chi connectivity index (χ3n) is 3.98. The number of piperidine rings is 1. The number of H-pyrrole nitrogens is 1. The number of nitrogens with zero attached hydrogens (tertiary/aromatic N) is 3. The molecule has 0 spiro atoms. The van der Waals surface area contributed by atoms with Gasteiger partial charge in [0.1, 0.15) is 5.82 Å². The van der Waals surface area contributed by atoms with Crippen molar-refractivity contribution in [1.82, 2.24) is 20.1 Å². The van der Waals surface area contributed by atoms with Crippen molar-refractivity contribution in [2.75, 3.05) is 6.54 Å². The van der Waals surface area contributed by atoms with E-state index in [4.69, 9.17) is 0 Å². The lowest BCUT2D eigenvalue weighted by Gasteiger charge is -2.34. The van der Waals surface area contributed by atoms with Crippen LogP contribution in [0.15, 0.2) is 30.3 Å². The number of benzene rings is 1. The Morgan fingerprint density at radius 1 is 1.33 bits per heavy atom. The number of hydrogen-bond donors (Lipinski definition) is 1. The summed E-state index contributed by atoms with van der Waals surface area (Å²) >= 11 is 0. The summed E-state index contributed by atoms with van der Waals surface area (Å²) in [7, 11) is 0. The molecule has 3 rings (SSSR count). The molecule has 110 valence electrons. The molecule has 1 amide bonds. The smallest absolute Gasteiger partial charge is 0.222 e. The van der Waals surface area contributed by atoms with E-state index in [-0.39, 0.29) is 11.9 Å². The van der Waals surface area contributed by atoms with Crippen LogP contribution in [-0.2, 0) is 4.79 Å². The lowest BCUT2D eigenvalue weighted by atomic mass is 10.0. The third kappa shape index (κ3) is 2.82. The van der Waals surface area contributed by atoms with E-state index in [0.717, 1.165) is 37.2 Å². The Morgan fingerprint density at radius 3 is 2.90 bits per heavy atom. The number of hydrogen-bond acceptors (Lipinski definition) is 3. The van der Waals surface area contributed by atoms with Gasteiger partial charge < -0.3 is 4.90 Å². The monoisotopic (exact) mass is 284 g/mol. The van der Waals surface area contributed by atoms with Crippen LogP contribution in [0.2, 0.25) is 0 Å². The van der Waals surface area contributed by atoms with E-state index < -0.39 is 0 Å². The van der Waals surface area contributed by atoms with Gasteiger partial charge in [0.05, 0.1) is 6.04 Å². The molecule has 0 aliphatic carbocycles. The van der Waals surface area contributed by atoms with Gasteiger partial charge >= 0.3 is 0 Å². The summed E-state index contributed by atoms with van der Waals surface area (Å²) in [5.74, 6) is 1.69. The maximum atomic E-state index is 12.1. The number of aromatic amines is 1. The van der Waals surface area contributed by atoms with Crippen LogP contribution >= 0.6 is 0 Å². The minimum Gasteiger partial charge on any atom is -0.332 e. The average Bonchev–Trinajstić information content (AvgIpc) is 3.05. The minimum absolute atomic E-state index is 0.0381. The summed E-state index contributed by atoms with van der Waals surface area (Å²) in [4.78, 5) is 18.6. The molecule has 0 bridgehead atoms. The van der Waals surface area contributed by atoms with Crippen LogP contribution in [0.3, 0.4) is 0 Å². The van der Waals surface area contributed by atoms with Crippen LogP contribution in [0, 0.1) is 0 Å². The van der Waals surface area contributed by atoms with Crippen molar-refractivity contribution in [3.8, 4) is 11.4 Å². The van der Waals surface area contributed by atoms with Gasteiger partial charge in [-0.15, -0.1) is 0 Å². The molecule has 1 aliphatic rings. The number of aromatic nitrogens is 3. The van der Waals surface area contributed by atoms with E-state index in [9.17, 15) is 4.79 Å². The van der Waals surface area contributed by atoms with Crippen LogP contribution < -0.4 is 0 Å². The summed E-state index contributed by atoms with van der Waals surface area (Å²) < 4.78 is 0. The third-order valence-corrected chi connectivity index (χ3v) is 3.98. The van der Waals surface area contributed by atoms with Crippen molar-refractivity contribution < 1.29 is 4.79 Å². The fraction of sp³-hybridized carbons (Fsp3) is 0.438. The summed E-state index contributed by atoms with van der Waals surface area (Å²) in [6.07, 6.45) is 3.69. The SMILES string of the molecule is CCC(=O)N1CCCCC1c1nc(-c2ccccc2)n[nH]1. The molecule has 1 fully saturated rings. The van der Waals surface area contributed by atoms with E-state index in [0.29, 0.717) is 12.2 Å². The molecule has 1 aromatic carbocycles. The zero-order chi connectivity index (χ0) is 14.7. The largest absolute Gasteiger partial charge is 0.332 e. The molecule has 0 radical (unpaired) electrons. The van der Waals surface area contributed by atoms with Gasteiger partial charge in [0.15, 0.2) is 5.82 Å². The first-order chi connectivity index (χ1) is 10.3. The summed E-state index contributed by atoms with van der Waals surface area (Å²) in [6, 6.07) is 9.93. The number of amides is 1. The topological polar surface area (TPSA) is 61.9 Å². The van der Waals surface area contributed by atoms with Crippen LogP contribution in [0.5, 0.6) is 0 Å². The number of nitrogens with one attached hydrogen (secondary N) is 1. The molecule has 1 atom stereocenters. The predicted octanol–water partition coefficient (Wildman–Crippen LogP) is 2.94. The van der Waals surface area contributed by atoms with Crippen LogP contribution in [0.25, 0.3) is 11.4 Å². The number of carbonyl (C=O) groups is 1. The second-order valence-electron chi connectivity index (χ2n) is 5.36. The maximum absolute atomic E-state index is 12.1. The molecule has 1 aromatic heterocycles. The quantitative estimate of drug-likeness (QED) is 0.942. The Bertz CT molecular complexity index is 608. The van der Waals surface area contributed by atoms with Gasteiger partial charge in [-0.05, 0) is 19.3 Å². The molecule has 5 heteroatoms. The Kier molecular flexibility index (Phi) is 3.99. The van der Waals surface area contributed by atoms with Crippen molar-refractivity contribution in [3.63, 3.8) is 0 Å². The predicted molar refractivity (Wildman–Crippen MR) is 80.4 cm³/mol. The molecule has 5 nitrogen and oxygen atoms in total. The van der Waals surface area contributed by atoms with Gasteiger partial charge in [0.25, 0.3) is 0 Å². The first-order valence-corrected chi connectivity index (χ1v) is 7.56. The summed E-state index contributed by atoms with van der Waals surface area (Å²) in [5.41, 5.74) is 0.990. The van der Waals surface area contributed by atoms with Crippen molar-refractivity contribution in [2.45, 2.75) is 38.6 Å². The van der Waals surface area contributed by atoms with E-state index in [2.05, 4.69) is 15.2 Å². The van der Waals surface area contributed by atoms with Crippen LogP contribution in [-0.4, -0.2) is 32.5 Å². The lowest BCUT2D eigenvalue weighted by Crippen LogP contribution is -2.38. The van der Waals surface area contributed by atoms with E-state index >= 15 is 0 Å². The minimum atomic E-state index is 0.0381. The highest BCUT2D eigenvalue weighted by Gasteiger charge is 2.29. The number of likely N-dealkylation sites (tertiary alicyclic amines) is 1. The van der Waals surface area contributed by atoms with Gasteiger partial charge in [0, 0.05) is 18.5 Å². The zero-order valence-electron chi connectivity index (χ0n) is 12.2. The molecule has 1 unspecified atom stereocenters. The van der Waals surface area contributed by atoms with Gasteiger partial charge in [-0.25, -0.2) is 4.98 Å². The number of carbonyl (C=O) groups excluding carboxylic acids is 1. The molecule has 0 saturated carbocycles. The normalized spacial score (nSPS) is 18.7. The standard InChI is InChI=1S/C16H20N4O/c1-2-14(21)20-11-7-6-10-13(20)16-17-15(18-19-16)12-8-4-3-5-9-12/h3-5,8-9,13H,2,6-7,10-11H2,1H3,(H,17,18,19). The van der Waals surface area contributed by atoms with Gasteiger partial charge in [0.2, 0.25) is 5.91 Å². The number of rotatable bonds is 3. The molecule has 2 aromatic rings. The molecule has 1 N–H and O–H groups in total. The zero-order valence-corrected chi connectivity index (χ0v) is 12.2. The molecule has 1 aliphatic heterocycles. The van der Waals surface area contributed by atoms with Gasteiger partial charge in [-0.1, -0.05) is 37.3 Å². The maximum Gasteiger partial charge on any atom is 0.222 e. The second-order valence-corrected chi connectivity index (χ2v) is 5.36. The summed E-state index contributed by atoms with van der Waals surface area (Å²) in [6.45, 7) is 2.72. The second kappa shape index (κ2) is 6.08. The van der Waals surface area contributed by atoms with Crippen molar-refractivity contribution in [3.05, 3.63) is 36.2 Å². The average molecular weight is 284 g/mol. The molecule has 2 heterocycles.